The lowest BCUT2D eigenvalue weighted by Gasteiger charge is -2.15. The third-order valence-corrected chi connectivity index (χ3v) is 5.73. The highest BCUT2D eigenvalue weighted by atomic mass is 35.5. The summed E-state index contributed by atoms with van der Waals surface area (Å²) in [5.41, 5.74) is 9.83. The average Bonchev–Trinajstić information content (AvgIpc) is 3.12. The van der Waals surface area contributed by atoms with Crippen molar-refractivity contribution in [3.8, 4) is 0 Å². The van der Waals surface area contributed by atoms with Crippen LogP contribution in [0.25, 0.3) is 0 Å². The first-order valence-electron chi connectivity index (χ1n) is 10.5. The summed E-state index contributed by atoms with van der Waals surface area (Å²) in [5.74, 6) is 1.18. The van der Waals surface area contributed by atoms with Crippen LogP contribution in [0.3, 0.4) is 0 Å². The molecule has 27 heavy (non-hydrogen) atoms. The molecule has 0 fully saturated rings. The highest BCUT2D eigenvalue weighted by Gasteiger charge is 2.20. The van der Waals surface area contributed by atoms with Crippen molar-refractivity contribution in [2.45, 2.75) is 64.2 Å². The molecular weight excluding hydrogens is 352 g/mol. The van der Waals surface area contributed by atoms with Gasteiger partial charge in [-0.15, -0.1) is 0 Å². The van der Waals surface area contributed by atoms with Gasteiger partial charge in [0.05, 0.1) is 0 Å². The molecule has 148 valence electrons. The summed E-state index contributed by atoms with van der Waals surface area (Å²) in [4.78, 5) is 0. The predicted octanol–water partition coefficient (Wildman–Crippen LogP) is 6.96. The van der Waals surface area contributed by atoms with Gasteiger partial charge in [-0.3, -0.25) is 0 Å². The highest BCUT2D eigenvalue weighted by molar-refractivity contribution is 6.31. The second-order valence-electron chi connectivity index (χ2n) is 7.40. The molecular formula is C24H35ClN2. The molecule has 2 aromatic rings. The number of hydrogen-bond donors (Lipinski definition) is 2. The van der Waals surface area contributed by atoms with Gasteiger partial charge in [-0.25, -0.2) is 0 Å². The van der Waals surface area contributed by atoms with Crippen molar-refractivity contribution in [2.75, 3.05) is 18.4 Å². The molecule has 3 heteroatoms. The molecule has 2 atom stereocenters. The number of nitrogens with two attached hydrogens (primary N) is 1. The minimum atomic E-state index is 0.420. The van der Waals surface area contributed by atoms with Crippen molar-refractivity contribution in [1.29, 1.82) is 0 Å². The van der Waals surface area contributed by atoms with Crippen LogP contribution < -0.4 is 11.1 Å². The van der Waals surface area contributed by atoms with Gasteiger partial charge in [0.15, 0.2) is 0 Å². The maximum Gasteiger partial charge on any atom is 0.0441 e. The second-order valence-corrected chi connectivity index (χ2v) is 7.81. The predicted molar refractivity (Wildman–Crippen MR) is 120 cm³/mol. The molecule has 0 aromatic heterocycles. The molecule has 3 N–H and O–H groups in total. The van der Waals surface area contributed by atoms with Crippen molar-refractivity contribution < 1.29 is 0 Å². The smallest absolute Gasteiger partial charge is 0.0441 e. The van der Waals surface area contributed by atoms with Crippen molar-refractivity contribution in [1.82, 2.24) is 0 Å². The molecule has 0 radical (unpaired) electrons. The fourth-order valence-electron chi connectivity index (χ4n) is 3.72. The van der Waals surface area contributed by atoms with E-state index < -0.39 is 0 Å². The lowest BCUT2D eigenvalue weighted by Crippen LogP contribution is -2.12. The largest absolute Gasteiger partial charge is 0.384 e. The van der Waals surface area contributed by atoms with Gasteiger partial charge in [0.25, 0.3) is 0 Å². The summed E-state index contributed by atoms with van der Waals surface area (Å²) < 4.78 is 0. The Balaban J connectivity index is 0.000000194. The van der Waals surface area contributed by atoms with Crippen LogP contribution in [0.4, 0.5) is 5.69 Å². The Hall–Kier alpha value is -1.51. The topological polar surface area (TPSA) is 38.0 Å². The first-order valence-corrected chi connectivity index (χ1v) is 10.9. The molecule has 1 aliphatic rings. The molecule has 1 heterocycles. The SMILES string of the molecule is CCCCC(CN)c1ccccc1Cl.CCCCC1CNc2ccccc21. The molecule has 1 aliphatic heterocycles. The van der Waals surface area contributed by atoms with Crippen molar-refractivity contribution in [2.24, 2.45) is 5.73 Å². The monoisotopic (exact) mass is 386 g/mol. The highest BCUT2D eigenvalue weighted by Crippen LogP contribution is 2.34. The molecule has 2 nitrogen and oxygen atoms in total. The molecule has 0 amide bonds. The first kappa shape index (κ1) is 21.8. The Morgan fingerprint density at radius 1 is 1.04 bits per heavy atom. The second kappa shape index (κ2) is 12.0. The molecule has 0 spiro atoms. The molecule has 0 saturated heterocycles. The lowest BCUT2D eigenvalue weighted by molar-refractivity contribution is 0.592. The van der Waals surface area contributed by atoms with Crippen LogP contribution in [0.5, 0.6) is 0 Å². The normalized spacial score (nSPS) is 16.1. The van der Waals surface area contributed by atoms with Gasteiger partial charge >= 0.3 is 0 Å². The summed E-state index contributed by atoms with van der Waals surface area (Å²) in [6.45, 7) is 6.28. The van der Waals surface area contributed by atoms with Crippen LogP contribution in [0.15, 0.2) is 48.5 Å². The molecule has 0 saturated carbocycles. The van der Waals surface area contributed by atoms with E-state index in [9.17, 15) is 0 Å². The van der Waals surface area contributed by atoms with E-state index in [1.165, 1.54) is 48.9 Å². The van der Waals surface area contributed by atoms with E-state index in [1.807, 2.05) is 18.2 Å². The number of benzene rings is 2. The maximum absolute atomic E-state index is 6.12. The van der Waals surface area contributed by atoms with Crippen LogP contribution >= 0.6 is 11.6 Å². The first-order chi connectivity index (χ1) is 13.2. The Morgan fingerprint density at radius 2 is 1.74 bits per heavy atom. The number of anilines is 1. The van der Waals surface area contributed by atoms with Gasteiger partial charge in [0.2, 0.25) is 0 Å². The van der Waals surface area contributed by atoms with Crippen LogP contribution in [-0.4, -0.2) is 13.1 Å². The third kappa shape index (κ3) is 6.55. The van der Waals surface area contributed by atoms with E-state index in [4.69, 9.17) is 17.3 Å². The van der Waals surface area contributed by atoms with Gasteiger partial charge in [0.1, 0.15) is 0 Å². The molecule has 0 bridgehead atoms. The zero-order valence-electron chi connectivity index (χ0n) is 16.9. The molecule has 2 aromatic carbocycles. The van der Waals surface area contributed by atoms with Gasteiger partial charge in [0, 0.05) is 23.2 Å². The third-order valence-electron chi connectivity index (χ3n) is 5.38. The molecule has 0 aliphatic carbocycles. The van der Waals surface area contributed by atoms with E-state index in [1.54, 1.807) is 0 Å². The quantitative estimate of drug-likeness (QED) is 0.514. The van der Waals surface area contributed by atoms with Crippen LogP contribution in [0, 0.1) is 0 Å². The van der Waals surface area contributed by atoms with Gasteiger partial charge in [-0.1, -0.05) is 87.5 Å². The van der Waals surface area contributed by atoms with Gasteiger partial charge < -0.3 is 11.1 Å². The van der Waals surface area contributed by atoms with E-state index >= 15 is 0 Å². The number of para-hydroxylation sites is 1. The lowest BCUT2D eigenvalue weighted by atomic mass is 9.94. The van der Waals surface area contributed by atoms with Gasteiger partial charge in [-0.2, -0.15) is 0 Å². The summed E-state index contributed by atoms with van der Waals surface area (Å²) in [6, 6.07) is 16.7. The molecule has 2 unspecified atom stereocenters. The van der Waals surface area contributed by atoms with E-state index in [2.05, 4.69) is 49.5 Å². The Bertz CT molecular complexity index is 671. The summed E-state index contributed by atoms with van der Waals surface area (Å²) in [5, 5.41) is 4.31. The van der Waals surface area contributed by atoms with Gasteiger partial charge in [-0.05, 0) is 48.6 Å². The zero-order chi connectivity index (χ0) is 19.5. The fraction of sp³-hybridized carbons (Fsp3) is 0.500. The Kier molecular flexibility index (Phi) is 9.72. The average molecular weight is 387 g/mol. The van der Waals surface area contributed by atoms with Crippen molar-refractivity contribution in [3.63, 3.8) is 0 Å². The summed E-state index contributed by atoms with van der Waals surface area (Å²) in [7, 11) is 0. The number of rotatable bonds is 8. The maximum atomic E-state index is 6.12. The fourth-order valence-corrected chi connectivity index (χ4v) is 4.01. The number of hydrogen-bond acceptors (Lipinski definition) is 2. The van der Waals surface area contributed by atoms with Crippen molar-refractivity contribution >= 4 is 17.3 Å². The molecule has 3 rings (SSSR count). The van der Waals surface area contributed by atoms with E-state index in [0.29, 0.717) is 12.5 Å². The van der Waals surface area contributed by atoms with Crippen LogP contribution in [0.1, 0.15) is 75.3 Å². The number of nitrogens with one attached hydrogen (secondary N) is 1. The van der Waals surface area contributed by atoms with E-state index in [-0.39, 0.29) is 0 Å². The van der Waals surface area contributed by atoms with Crippen LogP contribution in [-0.2, 0) is 0 Å². The summed E-state index contributed by atoms with van der Waals surface area (Å²) in [6.07, 6.45) is 7.55. The Labute approximate surface area is 170 Å². The summed E-state index contributed by atoms with van der Waals surface area (Å²) >= 11 is 6.12. The Morgan fingerprint density at radius 3 is 2.44 bits per heavy atom. The number of halogens is 1. The van der Waals surface area contributed by atoms with E-state index in [0.717, 1.165) is 23.9 Å². The minimum absolute atomic E-state index is 0.420. The van der Waals surface area contributed by atoms with Crippen LogP contribution in [0.2, 0.25) is 5.02 Å². The van der Waals surface area contributed by atoms with Crippen molar-refractivity contribution in [3.05, 3.63) is 64.7 Å². The zero-order valence-corrected chi connectivity index (χ0v) is 17.6. The standard InChI is InChI=1S/C12H18ClN.C12H17N/c1-2-3-6-10(9-14)11-7-4-5-8-12(11)13;1-2-3-6-10-9-13-12-8-5-4-7-11(10)12/h4-5,7-8,10H,2-3,6,9,14H2,1H3;4-5,7-8,10,13H,2-3,6,9H2,1H3. The minimum Gasteiger partial charge on any atom is -0.384 e. The number of unbranched alkanes of at least 4 members (excludes halogenated alkanes) is 2. The number of fused-ring (bicyclic) bond motifs is 1.